The van der Waals surface area contributed by atoms with E-state index < -0.39 is 0 Å². The molecular formula is C23H24N4O4. The van der Waals surface area contributed by atoms with Crippen molar-refractivity contribution in [3.8, 4) is 17.2 Å². The molecule has 8 heteroatoms. The minimum Gasteiger partial charge on any atom is -0.484 e. The summed E-state index contributed by atoms with van der Waals surface area (Å²) < 4.78 is 10.8. The topological polar surface area (TPSA) is 88.8 Å². The van der Waals surface area contributed by atoms with Crippen molar-refractivity contribution in [3.05, 3.63) is 66.5 Å². The van der Waals surface area contributed by atoms with Crippen LogP contribution in [0.4, 0.5) is 0 Å². The molecule has 1 saturated heterocycles. The molecule has 8 nitrogen and oxygen atoms in total. The Labute approximate surface area is 180 Å². The molecule has 31 heavy (non-hydrogen) atoms. The van der Waals surface area contributed by atoms with Gasteiger partial charge in [0.2, 0.25) is 5.91 Å². The number of hydrogen-bond acceptors (Lipinski definition) is 6. The number of nitrogens with zero attached hydrogens (tertiary/aromatic N) is 4. The number of carbonyl (C=O) groups is 2. The molecule has 1 fully saturated rings. The molecule has 1 aromatic heterocycles. The molecule has 0 aliphatic carbocycles. The smallest absolute Gasteiger partial charge is 0.260 e. The molecule has 4 rings (SSSR count). The molecule has 2 aromatic carbocycles. The standard InChI is InChI=1S/C23H24N4O4/c1-17-15-26(12-13-27(17)22(29)16-30-19-10-6-3-7-11-19)21(28)14-20-24-23(31-25-20)18-8-4-2-5-9-18/h2-11,17H,12-16H2,1H3. The van der Waals surface area contributed by atoms with E-state index in [1.165, 1.54) is 0 Å². The Morgan fingerprint density at radius 2 is 1.74 bits per heavy atom. The monoisotopic (exact) mass is 420 g/mol. The van der Waals surface area contributed by atoms with Crippen LogP contribution in [0.5, 0.6) is 5.75 Å². The first-order valence-corrected chi connectivity index (χ1v) is 10.2. The zero-order valence-electron chi connectivity index (χ0n) is 17.3. The van der Waals surface area contributed by atoms with Crippen LogP contribution in [0.25, 0.3) is 11.5 Å². The second-order valence-electron chi connectivity index (χ2n) is 7.44. The molecule has 0 bridgehead atoms. The third-order valence-corrected chi connectivity index (χ3v) is 5.20. The summed E-state index contributed by atoms with van der Waals surface area (Å²) in [6.45, 7) is 3.30. The summed E-state index contributed by atoms with van der Waals surface area (Å²) in [6.07, 6.45) is 0.0636. The van der Waals surface area contributed by atoms with Gasteiger partial charge in [-0.25, -0.2) is 0 Å². The minimum absolute atomic E-state index is 0.0204. The quantitative estimate of drug-likeness (QED) is 0.609. The molecule has 0 saturated carbocycles. The fourth-order valence-electron chi connectivity index (χ4n) is 3.57. The number of para-hydroxylation sites is 1. The first kappa shape index (κ1) is 20.6. The van der Waals surface area contributed by atoms with Gasteiger partial charge in [0.25, 0.3) is 11.8 Å². The van der Waals surface area contributed by atoms with E-state index in [-0.39, 0.29) is 30.9 Å². The zero-order valence-corrected chi connectivity index (χ0v) is 17.3. The summed E-state index contributed by atoms with van der Waals surface area (Å²) in [6, 6.07) is 18.6. The first-order valence-electron chi connectivity index (χ1n) is 10.2. The summed E-state index contributed by atoms with van der Waals surface area (Å²) in [5.41, 5.74) is 0.812. The predicted molar refractivity (Wildman–Crippen MR) is 113 cm³/mol. The van der Waals surface area contributed by atoms with Gasteiger partial charge >= 0.3 is 0 Å². The molecular weight excluding hydrogens is 396 g/mol. The van der Waals surface area contributed by atoms with Crippen LogP contribution in [-0.4, -0.2) is 64.0 Å². The van der Waals surface area contributed by atoms with E-state index in [0.29, 0.717) is 37.1 Å². The number of hydrogen-bond donors (Lipinski definition) is 0. The van der Waals surface area contributed by atoms with Crippen molar-refractivity contribution >= 4 is 11.8 Å². The van der Waals surface area contributed by atoms with Crippen LogP contribution in [0.15, 0.2) is 65.2 Å². The van der Waals surface area contributed by atoms with Gasteiger partial charge in [0.15, 0.2) is 12.4 Å². The number of benzene rings is 2. The normalized spacial score (nSPS) is 16.2. The van der Waals surface area contributed by atoms with Gasteiger partial charge in [0.1, 0.15) is 5.75 Å². The van der Waals surface area contributed by atoms with Crippen LogP contribution >= 0.6 is 0 Å². The molecule has 0 spiro atoms. The van der Waals surface area contributed by atoms with Gasteiger partial charge in [-0.15, -0.1) is 0 Å². The average molecular weight is 420 g/mol. The molecule has 2 amide bonds. The number of rotatable bonds is 6. The van der Waals surface area contributed by atoms with E-state index in [9.17, 15) is 9.59 Å². The zero-order chi connectivity index (χ0) is 21.6. The highest BCUT2D eigenvalue weighted by Crippen LogP contribution is 2.17. The van der Waals surface area contributed by atoms with E-state index in [1.54, 1.807) is 9.80 Å². The molecule has 160 valence electrons. The highest BCUT2D eigenvalue weighted by Gasteiger charge is 2.30. The van der Waals surface area contributed by atoms with E-state index >= 15 is 0 Å². The Balaban J connectivity index is 1.29. The molecule has 2 heterocycles. The number of aromatic nitrogens is 2. The average Bonchev–Trinajstić information content (AvgIpc) is 3.27. The lowest BCUT2D eigenvalue weighted by molar-refractivity contribution is -0.143. The van der Waals surface area contributed by atoms with Gasteiger partial charge in [0.05, 0.1) is 6.42 Å². The van der Waals surface area contributed by atoms with E-state index in [4.69, 9.17) is 9.26 Å². The van der Waals surface area contributed by atoms with Crippen molar-refractivity contribution in [2.75, 3.05) is 26.2 Å². The Kier molecular flexibility index (Phi) is 6.26. The number of ether oxygens (including phenoxy) is 1. The van der Waals surface area contributed by atoms with Gasteiger partial charge in [-0.2, -0.15) is 4.98 Å². The maximum absolute atomic E-state index is 12.7. The maximum Gasteiger partial charge on any atom is 0.260 e. The third-order valence-electron chi connectivity index (χ3n) is 5.20. The van der Waals surface area contributed by atoms with Crippen molar-refractivity contribution in [2.24, 2.45) is 0 Å². The number of piperazine rings is 1. The van der Waals surface area contributed by atoms with Crippen LogP contribution in [0.2, 0.25) is 0 Å². The van der Waals surface area contributed by atoms with Crippen molar-refractivity contribution in [1.29, 1.82) is 0 Å². The second-order valence-corrected chi connectivity index (χ2v) is 7.44. The number of carbonyl (C=O) groups excluding carboxylic acids is 2. The summed E-state index contributed by atoms with van der Waals surface area (Å²) in [5, 5.41) is 3.93. The third kappa shape index (κ3) is 5.09. The van der Waals surface area contributed by atoms with Crippen molar-refractivity contribution in [3.63, 3.8) is 0 Å². The van der Waals surface area contributed by atoms with Crippen LogP contribution in [0.3, 0.4) is 0 Å². The minimum atomic E-state index is -0.102. The molecule has 1 atom stereocenters. The van der Waals surface area contributed by atoms with Gasteiger partial charge in [-0.3, -0.25) is 9.59 Å². The van der Waals surface area contributed by atoms with Gasteiger partial charge < -0.3 is 19.1 Å². The molecule has 1 aliphatic rings. The van der Waals surface area contributed by atoms with E-state index in [2.05, 4.69) is 10.1 Å². The Morgan fingerprint density at radius 1 is 1.03 bits per heavy atom. The SMILES string of the molecule is CC1CN(C(=O)Cc2noc(-c3ccccc3)n2)CCN1C(=O)COc1ccccc1. The fraction of sp³-hybridized carbons (Fsp3) is 0.304. The Bertz CT molecular complexity index is 1020. The summed E-state index contributed by atoms with van der Waals surface area (Å²) in [4.78, 5) is 33.1. The lowest BCUT2D eigenvalue weighted by Crippen LogP contribution is -2.56. The van der Waals surface area contributed by atoms with Crippen LogP contribution in [-0.2, 0) is 16.0 Å². The van der Waals surface area contributed by atoms with E-state index in [1.807, 2.05) is 67.6 Å². The van der Waals surface area contributed by atoms with Gasteiger partial charge in [-0.05, 0) is 31.2 Å². The highest BCUT2D eigenvalue weighted by molar-refractivity contribution is 5.80. The van der Waals surface area contributed by atoms with Crippen molar-refractivity contribution in [1.82, 2.24) is 19.9 Å². The van der Waals surface area contributed by atoms with E-state index in [0.717, 1.165) is 5.56 Å². The van der Waals surface area contributed by atoms with Gasteiger partial charge in [-0.1, -0.05) is 41.6 Å². The van der Waals surface area contributed by atoms with Crippen LogP contribution < -0.4 is 4.74 Å². The molecule has 1 unspecified atom stereocenters. The fourth-order valence-corrected chi connectivity index (χ4v) is 3.57. The van der Waals surface area contributed by atoms with Crippen molar-refractivity contribution in [2.45, 2.75) is 19.4 Å². The lowest BCUT2D eigenvalue weighted by Gasteiger charge is -2.39. The van der Waals surface area contributed by atoms with Gasteiger partial charge in [0, 0.05) is 31.2 Å². The summed E-state index contributed by atoms with van der Waals surface area (Å²) in [5.74, 6) is 1.23. The second kappa shape index (κ2) is 9.42. The predicted octanol–water partition coefficient (Wildman–Crippen LogP) is 2.42. The molecule has 1 aliphatic heterocycles. The van der Waals surface area contributed by atoms with Crippen LogP contribution in [0.1, 0.15) is 12.7 Å². The largest absolute Gasteiger partial charge is 0.484 e. The highest BCUT2D eigenvalue weighted by atomic mass is 16.5. The first-order chi connectivity index (χ1) is 15.1. The summed E-state index contributed by atoms with van der Waals surface area (Å²) >= 11 is 0. The van der Waals surface area contributed by atoms with Crippen LogP contribution in [0, 0.1) is 0 Å². The lowest BCUT2D eigenvalue weighted by atomic mass is 10.1. The summed E-state index contributed by atoms with van der Waals surface area (Å²) in [7, 11) is 0. The maximum atomic E-state index is 12.7. The molecule has 0 N–H and O–H groups in total. The Morgan fingerprint density at radius 3 is 2.45 bits per heavy atom. The van der Waals surface area contributed by atoms with Crippen molar-refractivity contribution < 1.29 is 18.8 Å². The molecule has 0 radical (unpaired) electrons. The Hall–Kier alpha value is -3.68. The number of amides is 2. The molecule has 3 aromatic rings.